The van der Waals surface area contributed by atoms with E-state index in [1.807, 2.05) is 38.1 Å². The molecule has 0 unspecified atom stereocenters. The van der Waals surface area contributed by atoms with Gasteiger partial charge in [-0.1, -0.05) is 42.5 Å². The van der Waals surface area contributed by atoms with Gasteiger partial charge >= 0.3 is 5.97 Å². The lowest BCUT2D eigenvalue weighted by molar-refractivity contribution is 0.0378. The second-order valence-electron chi connectivity index (χ2n) is 6.30. The van der Waals surface area contributed by atoms with Gasteiger partial charge in [-0.3, -0.25) is 4.79 Å². The normalized spacial score (nSPS) is 11.1. The number of allylic oxidation sites excluding steroid dienone is 1. The van der Waals surface area contributed by atoms with Crippen molar-refractivity contribution in [3.05, 3.63) is 89.7 Å². The maximum absolute atomic E-state index is 12.1. The summed E-state index contributed by atoms with van der Waals surface area (Å²) in [6, 6.07) is 19.7. The molecule has 4 heteroatoms. The standard InChI is InChI=1S/C23H20O4/c1-16(2)26-23(25)19-10-8-18(9-11-19)22-15-13-20(27-22)12-14-21(24)17-6-4-3-5-7-17/h3-16H,1-2H3. The quantitative estimate of drug-likeness (QED) is 0.335. The molecule has 0 bridgehead atoms. The molecule has 0 amide bonds. The number of rotatable bonds is 6. The summed E-state index contributed by atoms with van der Waals surface area (Å²) in [5, 5.41) is 0. The van der Waals surface area contributed by atoms with E-state index in [2.05, 4.69) is 0 Å². The predicted octanol–water partition coefficient (Wildman–Crippen LogP) is 5.41. The summed E-state index contributed by atoms with van der Waals surface area (Å²) in [5.41, 5.74) is 1.96. The third kappa shape index (κ3) is 4.82. The van der Waals surface area contributed by atoms with Crippen molar-refractivity contribution >= 4 is 17.8 Å². The van der Waals surface area contributed by atoms with E-state index < -0.39 is 0 Å². The van der Waals surface area contributed by atoms with Gasteiger partial charge < -0.3 is 9.15 Å². The molecule has 2 aromatic carbocycles. The molecule has 0 atom stereocenters. The van der Waals surface area contributed by atoms with Crippen LogP contribution in [0.5, 0.6) is 0 Å². The first-order valence-electron chi connectivity index (χ1n) is 8.71. The van der Waals surface area contributed by atoms with Crippen molar-refractivity contribution in [1.82, 2.24) is 0 Å². The van der Waals surface area contributed by atoms with Crippen molar-refractivity contribution in [1.29, 1.82) is 0 Å². The van der Waals surface area contributed by atoms with E-state index in [0.717, 1.165) is 5.56 Å². The van der Waals surface area contributed by atoms with Crippen molar-refractivity contribution in [2.24, 2.45) is 0 Å². The first-order chi connectivity index (χ1) is 13.0. The predicted molar refractivity (Wildman–Crippen MR) is 105 cm³/mol. The van der Waals surface area contributed by atoms with Crippen molar-refractivity contribution in [3.8, 4) is 11.3 Å². The Morgan fingerprint density at radius 3 is 2.26 bits per heavy atom. The zero-order valence-corrected chi connectivity index (χ0v) is 15.2. The van der Waals surface area contributed by atoms with Gasteiger partial charge in [0.25, 0.3) is 0 Å². The lowest BCUT2D eigenvalue weighted by Crippen LogP contribution is -2.11. The summed E-state index contributed by atoms with van der Waals surface area (Å²) in [5.74, 6) is 0.809. The third-order valence-corrected chi connectivity index (χ3v) is 3.83. The van der Waals surface area contributed by atoms with Gasteiger partial charge in [-0.15, -0.1) is 0 Å². The number of esters is 1. The number of hydrogen-bond donors (Lipinski definition) is 0. The van der Waals surface area contributed by atoms with Gasteiger partial charge in [-0.05, 0) is 50.3 Å². The molecule has 3 aromatic rings. The van der Waals surface area contributed by atoms with Crippen LogP contribution in [0, 0.1) is 0 Å². The molecule has 0 N–H and O–H groups in total. The van der Waals surface area contributed by atoms with Gasteiger partial charge in [-0.25, -0.2) is 4.79 Å². The number of furan rings is 1. The van der Waals surface area contributed by atoms with E-state index in [1.54, 1.807) is 48.5 Å². The van der Waals surface area contributed by atoms with Crippen LogP contribution in [-0.4, -0.2) is 17.9 Å². The summed E-state index contributed by atoms with van der Waals surface area (Å²) in [4.78, 5) is 24.0. The monoisotopic (exact) mass is 360 g/mol. The SMILES string of the molecule is CC(C)OC(=O)c1ccc(-c2ccc(C=CC(=O)c3ccccc3)o2)cc1. The molecule has 0 fully saturated rings. The molecule has 1 aromatic heterocycles. The molecule has 27 heavy (non-hydrogen) atoms. The number of hydrogen-bond acceptors (Lipinski definition) is 4. The van der Waals surface area contributed by atoms with Crippen LogP contribution in [0.3, 0.4) is 0 Å². The first-order valence-corrected chi connectivity index (χ1v) is 8.71. The van der Waals surface area contributed by atoms with Crippen molar-refractivity contribution in [2.45, 2.75) is 20.0 Å². The maximum atomic E-state index is 12.1. The average molecular weight is 360 g/mol. The summed E-state index contributed by atoms with van der Waals surface area (Å²) in [7, 11) is 0. The topological polar surface area (TPSA) is 56.5 Å². The molecule has 4 nitrogen and oxygen atoms in total. The Bertz CT molecular complexity index is 948. The maximum Gasteiger partial charge on any atom is 0.338 e. The fraction of sp³-hybridized carbons (Fsp3) is 0.130. The summed E-state index contributed by atoms with van der Waals surface area (Å²) in [6.07, 6.45) is 2.98. The highest BCUT2D eigenvalue weighted by atomic mass is 16.5. The van der Waals surface area contributed by atoms with Crippen LogP contribution in [0.4, 0.5) is 0 Å². The van der Waals surface area contributed by atoms with E-state index >= 15 is 0 Å². The Balaban J connectivity index is 1.69. The summed E-state index contributed by atoms with van der Waals surface area (Å²) < 4.78 is 10.9. The highest BCUT2D eigenvalue weighted by Gasteiger charge is 2.10. The molecule has 3 rings (SSSR count). The summed E-state index contributed by atoms with van der Waals surface area (Å²) in [6.45, 7) is 3.62. The molecule has 0 spiro atoms. The molecule has 0 aliphatic heterocycles. The van der Waals surface area contributed by atoms with Crippen molar-refractivity contribution in [3.63, 3.8) is 0 Å². The molecular formula is C23H20O4. The van der Waals surface area contributed by atoms with E-state index in [1.165, 1.54) is 6.08 Å². The van der Waals surface area contributed by atoms with Crippen LogP contribution in [-0.2, 0) is 4.74 Å². The zero-order chi connectivity index (χ0) is 19.2. The van der Waals surface area contributed by atoms with E-state index in [9.17, 15) is 9.59 Å². The molecule has 0 radical (unpaired) electrons. The smallest absolute Gasteiger partial charge is 0.338 e. The Kier molecular flexibility index (Phi) is 5.67. The largest absolute Gasteiger partial charge is 0.459 e. The fourth-order valence-electron chi connectivity index (χ4n) is 2.51. The van der Waals surface area contributed by atoms with E-state index in [0.29, 0.717) is 22.6 Å². The lowest BCUT2D eigenvalue weighted by Gasteiger charge is -2.07. The van der Waals surface area contributed by atoms with Crippen LogP contribution in [0.25, 0.3) is 17.4 Å². The van der Waals surface area contributed by atoms with Crippen molar-refractivity contribution in [2.75, 3.05) is 0 Å². The second kappa shape index (κ2) is 8.32. The van der Waals surface area contributed by atoms with Crippen LogP contribution in [0.15, 0.2) is 77.2 Å². The number of ketones is 1. The number of benzene rings is 2. The Labute approximate surface area is 158 Å². The Hall–Kier alpha value is -3.40. The first kappa shape index (κ1) is 18.4. The van der Waals surface area contributed by atoms with Crippen molar-refractivity contribution < 1.29 is 18.7 Å². The molecule has 1 heterocycles. The lowest BCUT2D eigenvalue weighted by atomic mass is 10.1. The Morgan fingerprint density at radius 2 is 1.59 bits per heavy atom. The second-order valence-corrected chi connectivity index (χ2v) is 6.30. The van der Waals surface area contributed by atoms with Crippen LogP contribution < -0.4 is 0 Å². The zero-order valence-electron chi connectivity index (χ0n) is 15.2. The molecule has 0 saturated heterocycles. The molecule has 0 aliphatic carbocycles. The minimum Gasteiger partial charge on any atom is -0.459 e. The van der Waals surface area contributed by atoms with Gasteiger partial charge in [0.1, 0.15) is 11.5 Å². The van der Waals surface area contributed by atoms with E-state index in [-0.39, 0.29) is 17.9 Å². The highest BCUT2D eigenvalue weighted by Crippen LogP contribution is 2.23. The number of carbonyl (C=O) groups is 2. The third-order valence-electron chi connectivity index (χ3n) is 3.83. The van der Waals surface area contributed by atoms with Gasteiger partial charge in [0.2, 0.25) is 0 Å². The fourth-order valence-corrected chi connectivity index (χ4v) is 2.51. The Morgan fingerprint density at radius 1 is 0.889 bits per heavy atom. The van der Waals surface area contributed by atoms with Gasteiger partial charge in [-0.2, -0.15) is 0 Å². The molecule has 0 saturated carbocycles. The molecule has 0 aliphatic rings. The highest BCUT2D eigenvalue weighted by molar-refractivity contribution is 6.06. The number of carbonyl (C=O) groups excluding carboxylic acids is 2. The summed E-state index contributed by atoms with van der Waals surface area (Å²) >= 11 is 0. The van der Waals surface area contributed by atoms with Crippen LogP contribution in [0.2, 0.25) is 0 Å². The molecule has 136 valence electrons. The average Bonchev–Trinajstić information content (AvgIpc) is 3.15. The van der Waals surface area contributed by atoms with Crippen LogP contribution >= 0.6 is 0 Å². The molecular weight excluding hydrogens is 340 g/mol. The van der Waals surface area contributed by atoms with Gasteiger partial charge in [0, 0.05) is 11.1 Å². The van der Waals surface area contributed by atoms with E-state index in [4.69, 9.17) is 9.15 Å². The minimum atomic E-state index is -0.348. The number of ether oxygens (including phenoxy) is 1. The minimum absolute atomic E-state index is 0.0819. The van der Waals surface area contributed by atoms with Gasteiger partial charge in [0.05, 0.1) is 11.7 Å². The van der Waals surface area contributed by atoms with Gasteiger partial charge in [0.15, 0.2) is 5.78 Å². The van der Waals surface area contributed by atoms with Crippen LogP contribution in [0.1, 0.15) is 40.3 Å².